The van der Waals surface area contributed by atoms with Gasteiger partial charge in [-0.2, -0.15) is 0 Å². The van der Waals surface area contributed by atoms with E-state index in [9.17, 15) is 5.11 Å². The molecular weight excluding hydrogens is 220 g/mol. The maximum absolute atomic E-state index is 9.90. The molecule has 0 aromatic carbocycles. The van der Waals surface area contributed by atoms with Crippen LogP contribution < -0.4 is 0 Å². The van der Waals surface area contributed by atoms with Crippen LogP contribution in [0.1, 0.15) is 37.0 Å². The van der Waals surface area contributed by atoms with Crippen LogP contribution in [-0.4, -0.2) is 23.9 Å². The predicted molar refractivity (Wildman–Crippen MR) is 66.9 cm³/mol. The van der Waals surface area contributed by atoms with Crippen molar-refractivity contribution in [3.05, 3.63) is 22.4 Å². The molecule has 2 unspecified atom stereocenters. The standard InChI is InChI=1S/C13H20O2S/c14-11(10-13-5-3-9-16-13)6-7-12-4-1-2-8-15-12/h3,5,9,11-12,14H,1-2,4,6-8,10H2. The van der Waals surface area contributed by atoms with Gasteiger partial charge >= 0.3 is 0 Å². The van der Waals surface area contributed by atoms with Gasteiger partial charge in [0, 0.05) is 17.9 Å². The first-order valence-corrected chi connectivity index (χ1v) is 7.04. The van der Waals surface area contributed by atoms with Crippen LogP contribution >= 0.6 is 11.3 Å². The summed E-state index contributed by atoms with van der Waals surface area (Å²) < 4.78 is 5.66. The quantitative estimate of drug-likeness (QED) is 0.857. The summed E-state index contributed by atoms with van der Waals surface area (Å²) >= 11 is 1.72. The lowest BCUT2D eigenvalue weighted by Crippen LogP contribution is -2.21. The van der Waals surface area contributed by atoms with Crippen LogP contribution in [0.5, 0.6) is 0 Å². The normalized spacial score (nSPS) is 23.2. The number of thiophene rings is 1. The first kappa shape index (κ1) is 12.1. The van der Waals surface area contributed by atoms with Crippen LogP contribution in [0.25, 0.3) is 0 Å². The highest BCUT2D eigenvalue weighted by atomic mass is 32.1. The van der Waals surface area contributed by atoms with Crippen LogP contribution in [0, 0.1) is 0 Å². The molecular formula is C13H20O2S. The summed E-state index contributed by atoms with van der Waals surface area (Å²) in [5.41, 5.74) is 0. The van der Waals surface area contributed by atoms with Gasteiger partial charge in [0.1, 0.15) is 0 Å². The van der Waals surface area contributed by atoms with Crippen molar-refractivity contribution in [1.82, 2.24) is 0 Å². The molecule has 3 heteroatoms. The number of aliphatic hydroxyl groups is 1. The van der Waals surface area contributed by atoms with Gasteiger partial charge in [0.2, 0.25) is 0 Å². The molecule has 0 amide bonds. The van der Waals surface area contributed by atoms with E-state index in [-0.39, 0.29) is 6.10 Å². The Balaban J connectivity index is 1.65. The second-order valence-electron chi connectivity index (χ2n) is 4.50. The Morgan fingerprint density at radius 1 is 1.50 bits per heavy atom. The van der Waals surface area contributed by atoms with E-state index in [4.69, 9.17) is 4.74 Å². The molecule has 90 valence electrons. The van der Waals surface area contributed by atoms with Crippen LogP contribution in [0.3, 0.4) is 0 Å². The highest BCUT2D eigenvalue weighted by Crippen LogP contribution is 2.19. The zero-order valence-electron chi connectivity index (χ0n) is 9.60. The minimum absolute atomic E-state index is 0.204. The maximum atomic E-state index is 9.90. The molecule has 0 saturated carbocycles. The summed E-state index contributed by atoms with van der Waals surface area (Å²) in [5.74, 6) is 0. The SMILES string of the molecule is OC(CCC1CCCCO1)Cc1cccs1. The molecule has 1 aliphatic rings. The zero-order valence-corrected chi connectivity index (χ0v) is 10.4. The lowest BCUT2D eigenvalue weighted by molar-refractivity contribution is 0.00239. The molecule has 0 spiro atoms. The first-order chi connectivity index (χ1) is 7.84. The van der Waals surface area contributed by atoms with Gasteiger partial charge in [0.05, 0.1) is 12.2 Å². The smallest absolute Gasteiger partial charge is 0.0589 e. The Bertz CT molecular complexity index is 278. The molecule has 0 radical (unpaired) electrons. The van der Waals surface area contributed by atoms with Crippen molar-refractivity contribution in [2.45, 2.75) is 50.7 Å². The van der Waals surface area contributed by atoms with E-state index in [0.717, 1.165) is 25.9 Å². The number of rotatable bonds is 5. The number of aliphatic hydroxyl groups excluding tert-OH is 1. The molecule has 2 heterocycles. The van der Waals surface area contributed by atoms with Gasteiger partial charge in [-0.25, -0.2) is 0 Å². The molecule has 1 saturated heterocycles. The molecule has 2 rings (SSSR count). The fourth-order valence-electron chi connectivity index (χ4n) is 2.18. The van der Waals surface area contributed by atoms with Crippen molar-refractivity contribution in [1.29, 1.82) is 0 Å². The topological polar surface area (TPSA) is 29.5 Å². The number of hydrogen-bond acceptors (Lipinski definition) is 3. The second-order valence-corrected chi connectivity index (χ2v) is 5.54. The molecule has 1 N–H and O–H groups in total. The average molecular weight is 240 g/mol. The Kier molecular flexibility index (Phi) is 4.82. The summed E-state index contributed by atoms with van der Waals surface area (Å²) in [6.07, 6.45) is 6.52. The summed E-state index contributed by atoms with van der Waals surface area (Å²) in [6.45, 7) is 0.908. The van der Waals surface area contributed by atoms with Gasteiger partial charge in [-0.05, 0) is 43.6 Å². The largest absolute Gasteiger partial charge is 0.393 e. The zero-order chi connectivity index (χ0) is 11.2. The minimum Gasteiger partial charge on any atom is -0.393 e. The summed E-state index contributed by atoms with van der Waals surface area (Å²) in [7, 11) is 0. The van der Waals surface area contributed by atoms with Crippen LogP contribution in [-0.2, 0) is 11.2 Å². The van der Waals surface area contributed by atoms with Crippen LogP contribution in [0.2, 0.25) is 0 Å². The lowest BCUT2D eigenvalue weighted by Gasteiger charge is -2.23. The van der Waals surface area contributed by atoms with Gasteiger partial charge in [-0.15, -0.1) is 11.3 Å². The molecule has 0 aliphatic carbocycles. The number of hydrogen-bond donors (Lipinski definition) is 1. The van der Waals surface area contributed by atoms with E-state index in [0.29, 0.717) is 6.10 Å². The fourth-order valence-corrected chi connectivity index (χ4v) is 2.95. The van der Waals surface area contributed by atoms with Crippen molar-refractivity contribution in [3.8, 4) is 0 Å². The second kappa shape index (κ2) is 6.38. The third-order valence-electron chi connectivity index (χ3n) is 3.11. The summed E-state index contributed by atoms with van der Waals surface area (Å²) in [6, 6.07) is 4.13. The van der Waals surface area contributed by atoms with Crippen molar-refractivity contribution >= 4 is 11.3 Å². The van der Waals surface area contributed by atoms with E-state index >= 15 is 0 Å². The van der Waals surface area contributed by atoms with Crippen molar-refractivity contribution in [3.63, 3.8) is 0 Å². The van der Waals surface area contributed by atoms with E-state index in [2.05, 4.69) is 11.4 Å². The highest BCUT2D eigenvalue weighted by Gasteiger charge is 2.15. The molecule has 2 atom stereocenters. The van der Waals surface area contributed by atoms with E-state index in [1.54, 1.807) is 11.3 Å². The molecule has 16 heavy (non-hydrogen) atoms. The lowest BCUT2D eigenvalue weighted by atomic mass is 10.0. The monoisotopic (exact) mass is 240 g/mol. The van der Waals surface area contributed by atoms with Crippen molar-refractivity contribution in [2.75, 3.05) is 6.61 Å². The molecule has 1 aromatic heterocycles. The molecule has 1 aromatic rings. The summed E-state index contributed by atoms with van der Waals surface area (Å²) in [5, 5.41) is 12.0. The Morgan fingerprint density at radius 2 is 2.44 bits per heavy atom. The highest BCUT2D eigenvalue weighted by molar-refractivity contribution is 7.09. The Labute approximate surface area is 101 Å². The third kappa shape index (κ3) is 3.89. The van der Waals surface area contributed by atoms with Gasteiger partial charge < -0.3 is 9.84 Å². The predicted octanol–water partition coefficient (Wildman–Crippen LogP) is 3.00. The van der Waals surface area contributed by atoms with Crippen LogP contribution in [0.4, 0.5) is 0 Å². The Hall–Kier alpha value is -0.380. The average Bonchev–Trinajstić information content (AvgIpc) is 2.81. The molecule has 0 bridgehead atoms. The molecule has 1 aliphatic heterocycles. The fraction of sp³-hybridized carbons (Fsp3) is 0.692. The van der Waals surface area contributed by atoms with E-state index < -0.39 is 0 Å². The maximum Gasteiger partial charge on any atom is 0.0589 e. The van der Waals surface area contributed by atoms with Gasteiger partial charge in [-0.3, -0.25) is 0 Å². The van der Waals surface area contributed by atoms with Gasteiger partial charge in [-0.1, -0.05) is 6.07 Å². The Morgan fingerprint density at radius 3 is 3.12 bits per heavy atom. The van der Waals surface area contributed by atoms with E-state index in [1.165, 1.54) is 24.1 Å². The van der Waals surface area contributed by atoms with Crippen molar-refractivity contribution in [2.24, 2.45) is 0 Å². The van der Waals surface area contributed by atoms with Gasteiger partial charge in [0.15, 0.2) is 0 Å². The van der Waals surface area contributed by atoms with Crippen molar-refractivity contribution < 1.29 is 9.84 Å². The first-order valence-electron chi connectivity index (χ1n) is 6.16. The number of ether oxygens (including phenoxy) is 1. The van der Waals surface area contributed by atoms with Gasteiger partial charge in [0.25, 0.3) is 0 Å². The minimum atomic E-state index is -0.204. The van der Waals surface area contributed by atoms with E-state index in [1.807, 2.05) is 6.07 Å². The molecule has 1 fully saturated rings. The molecule has 2 nitrogen and oxygen atoms in total. The summed E-state index contributed by atoms with van der Waals surface area (Å²) in [4.78, 5) is 1.28. The van der Waals surface area contributed by atoms with Crippen LogP contribution in [0.15, 0.2) is 17.5 Å². The third-order valence-corrected chi connectivity index (χ3v) is 4.01.